The molecule has 0 bridgehead atoms. The first kappa shape index (κ1) is 19.6. The molecule has 4 aromatic rings. The third-order valence-electron chi connectivity index (χ3n) is 5.27. The number of nitrogens with zero attached hydrogens (tertiary/aromatic N) is 3. The Morgan fingerprint density at radius 1 is 0.969 bits per heavy atom. The number of aromatic nitrogens is 3. The minimum atomic E-state index is -0.335. The third-order valence-corrected chi connectivity index (χ3v) is 5.27. The molecule has 1 aliphatic rings. The lowest BCUT2D eigenvalue weighted by molar-refractivity contribution is 0.102. The van der Waals surface area contributed by atoms with Gasteiger partial charge in [0.15, 0.2) is 0 Å². The maximum atomic E-state index is 12.8. The van der Waals surface area contributed by atoms with E-state index < -0.39 is 0 Å². The largest absolute Gasteiger partial charge is 0.496 e. The number of hydrogen-bond acceptors (Lipinski definition) is 5. The second kappa shape index (κ2) is 8.39. The van der Waals surface area contributed by atoms with Crippen molar-refractivity contribution in [3.8, 4) is 5.75 Å². The summed E-state index contributed by atoms with van der Waals surface area (Å²) in [6.45, 7) is 0. The quantitative estimate of drug-likeness (QED) is 0.491. The summed E-state index contributed by atoms with van der Waals surface area (Å²) in [5.74, 6) is 0.919. The van der Waals surface area contributed by atoms with Gasteiger partial charge in [-0.1, -0.05) is 72.8 Å². The van der Waals surface area contributed by atoms with Gasteiger partial charge in [-0.25, -0.2) is 4.68 Å². The number of nitrogens with one attached hydrogen (secondary N) is 2. The lowest BCUT2D eigenvalue weighted by Gasteiger charge is -2.24. The zero-order chi connectivity index (χ0) is 21.9. The van der Waals surface area contributed by atoms with Crippen molar-refractivity contribution in [2.24, 2.45) is 0 Å². The highest BCUT2D eigenvalue weighted by Gasteiger charge is 2.26. The van der Waals surface area contributed by atoms with Crippen molar-refractivity contribution in [1.29, 1.82) is 0 Å². The Hall–Kier alpha value is -4.39. The number of allylic oxidation sites excluding steroid dienone is 1. The van der Waals surface area contributed by atoms with E-state index in [0.29, 0.717) is 17.3 Å². The standard InChI is InChI=1S/C25H21N5O2/c1-32-22-15-9-8-14-19(22)23(31)27-24-28-25-26-20(17-10-4-2-5-11-17)16-21(30(25)29-24)18-12-6-3-7-13-18/h2-16,21H,1H3,(H2,26,27,28,29,31)/t21-/m1/s1. The molecule has 5 rings (SSSR count). The van der Waals surface area contributed by atoms with Gasteiger partial charge in [-0.2, -0.15) is 4.98 Å². The van der Waals surface area contributed by atoms with E-state index in [4.69, 9.17) is 4.74 Å². The summed E-state index contributed by atoms with van der Waals surface area (Å²) >= 11 is 0. The SMILES string of the molecule is COc1ccccc1C(=O)Nc1nc2n(n1)[C@@H](c1ccccc1)C=C(c1ccccc1)N2. The molecule has 7 nitrogen and oxygen atoms in total. The molecule has 1 amide bonds. The maximum absolute atomic E-state index is 12.8. The maximum Gasteiger partial charge on any atom is 0.261 e. The first-order chi connectivity index (χ1) is 15.7. The molecule has 2 heterocycles. The fourth-order valence-electron chi connectivity index (χ4n) is 3.72. The van der Waals surface area contributed by atoms with Gasteiger partial charge in [0.2, 0.25) is 5.95 Å². The van der Waals surface area contributed by atoms with Crippen LogP contribution in [0.5, 0.6) is 5.75 Å². The van der Waals surface area contributed by atoms with E-state index in [2.05, 4.69) is 26.8 Å². The molecule has 1 aromatic heterocycles. The van der Waals surface area contributed by atoms with Crippen molar-refractivity contribution in [3.63, 3.8) is 0 Å². The molecule has 0 unspecified atom stereocenters. The lowest BCUT2D eigenvalue weighted by Crippen LogP contribution is -2.20. The molecule has 0 aliphatic carbocycles. The smallest absolute Gasteiger partial charge is 0.261 e. The molecular formula is C25H21N5O2. The second-order valence-electron chi connectivity index (χ2n) is 7.28. The van der Waals surface area contributed by atoms with Gasteiger partial charge in [0.25, 0.3) is 11.9 Å². The minimum absolute atomic E-state index is 0.174. The van der Waals surface area contributed by atoms with Crippen molar-refractivity contribution in [1.82, 2.24) is 14.8 Å². The fraction of sp³-hybridized carbons (Fsp3) is 0.0800. The van der Waals surface area contributed by atoms with E-state index >= 15 is 0 Å². The highest BCUT2D eigenvalue weighted by Crippen LogP contribution is 2.33. The summed E-state index contributed by atoms with van der Waals surface area (Å²) in [4.78, 5) is 17.4. The predicted octanol–water partition coefficient (Wildman–Crippen LogP) is 4.60. The van der Waals surface area contributed by atoms with Crippen LogP contribution in [-0.4, -0.2) is 27.8 Å². The Labute approximate surface area is 185 Å². The van der Waals surface area contributed by atoms with Gasteiger partial charge in [-0.3, -0.25) is 10.1 Å². The molecule has 7 heteroatoms. The lowest BCUT2D eigenvalue weighted by atomic mass is 10.0. The molecule has 0 radical (unpaired) electrons. The monoisotopic (exact) mass is 423 g/mol. The third kappa shape index (κ3) is 3.72. The van der Waals surface area contributed by atoms with Gasteiger partial charge < -0.3 is 10.1 Å². The number of benzene rings is 3. The van der Waals surface area contributed by atoms with Crippen molar-refractivity contribution >= 4 is 23.5 Å². The van der Waals surface area contributed by atoms with E-state index in [1.807, 2.05) is 66.7 Å². The molecule has 32 heavy (non-hydrogen) atoms. The minimum Gasteiger partial charge on any atom is -0.496 e. The van der Waals surface area contributed by atoms with Crippen LogP contribution in [0, 0.1) is 0 Å². The van der Waals surface area contributed by atoms with Crippen molar-refractivity contribution in [3.05, 3.63) is 108 Å². The van der Waals surface area contributed by atoms with Gasteiger partial charge in [-0.15, -0.1) is 5.10 Å². The van der Waals surface area contributed by atoms with Crippen LogP contribution in [0.25, 0.3) is 5.70 Å². The first-order valence-corrected chi connectivity index (χ1v) is 10.2. The molecule has 2 N–H and O–H groups in total. The van der Waals surface area contributed by atoms with Gasteiger partial charge in [0, 0.05) is 5.70 Å². The summed E-state index contributed by atoms with van der Waals surface area (Å²) in [7, 11) is 1.53. The topological polar surface area (TPSA) is 81.1 Å². The predicted molar refractivity (Wildman–Crippen MR) is 124 cm³/mol. The van der Waals surface area contributed by atoms with Gasteiger partial charge in [-0.05, 0) is 29.3 Å². The summed E-state index contributed by atoms with van der Waals surface area (Å²) in [5.41, 5.74) is 3.46. The number of ether oxygens (including phenoxy) is 1. The molecule has 0 saturated carbocycles. The molecular weight excluding hydrogens is 402 g/mol. The molecule has 0 fully saturated rings. The number of carbonyl (C=O) groups excluding carboxylic acids is 1. The van der Waals surface area contributed by atoms with Gasteiger partial charge in [0.1, 0.15) is 11.8 Å². The Bertz CT molecular complexity index is 1280. The second-order valence-corrected chi connectivity index (χ2v) is 7.28. The number of carbonyl (C=O) groups is 1. The summed E-state index contributed by atoms with van der Waals surface area (Å²) in [6, 6.07) is 27.0. The van der Waals surface area contributed by atoms with Crippen LogP contribution in [-0.2, 0) is 0 Å². The summed E-state index contributed by atoms with van der Waals surface area (Å²) in [5, 5.41) is 10.7. The van der Waals surface area contributed by atoms with E-state index in [9.17, 15) is 4.79 Å². The summed E-state index contributed by atoms with van der Waals surface area (Å²) in [6.07, 6.45) is 2.11. The van der Waals surface area contributed by atoms with E-state index in [0.717, 1.165) is 16.8 Å². The Kier molecular flexibility index (Phi) is 5.13. The average molecular weight is 423 g/mol. The molecule has 3 aromatic carbocycles. The van der Waals surface area contributed by atoms with Crippen LogP contribution in [0.4, 0.5) is 11.9 Å². The number of fused-ring (bicyclic) bond motifs is 1. The van der Waals surface area contributed by atoms with E-state index in [1.54, 1.807) is 22.9 Å². The number of para-hydroxylation sites is 1. The normalized spacial score (nSPS) is 14.7. The first-order valence-electron chi connectivity index (χ1n) is 10.2. The van der Waals surface area contributed by atoms with Crippen LogP contribution in [0.3, 0.4) is 0 Å². The molecule has 1 atom stereocenters. The van der Waals surface area contributed by atoms with Crippen LogP contribution >= 0.6 is 0 Å². The molecule has 0 saturated heterocycles. The Balaban J connectivity index is 1.50. The Morgan fingerprint density at radius 3 is 2.41 bits per heavy atom. The van der Waals surface area contributed by atoms with Crippen LogP contribution in [0.2, 0.25) is 0 Å². The average Bonchev–Trinajstić information content (AvgIpc) is 3.26. The summed E-state index contributed by atoms with van der Waals surface area (Å²) < 4.78 is 7.07. The van der Waals surface area contributed by atoms with E-state index in [1.165, 1.54) is 7.11 Å². The number of methoxy groups -OCH3 is 1. The van der Waals surface area contributed by atoms with Crippen LogP contribution in [0.15, 0.2) is 91.0 Å². The highest BCUT2D eigenvalue weighted by molar-refractivity contribution is 6.05. The Morgan fingerprint density at radius 2 is 1.66 bits per heavy atom. The van der Waals surface area contributed by atoms with Gasteiger partial charge in [0.05, 0.1) is 12.7 Å². The number of hydrogen-bond donors (Lipinski definition) is 2. The van der Waals surface area contributed by atoms with Gasteiger partial charge >= 0.3 is 0 Å². The van der Waals surface area contributed by atoms with Crippen LogP contribution in [0.1, 0.15) is 27.5 Å². The molecule has 0 spiro atoms. The zero-order valence-electron chi connectivity index (χ0n) is 17.4. The number of anilines is 2. The van der Waals surface area contributed by atoms with E-state index in [-0.39, 0.29) is 17.9 Å². The van der Waals surface area contributed by atoms with Crippen molar-refractivity contribution < 1.29 is 9.53 Å². The molecule has 1 aliphatic heterocycles. The number of amides is 1. The number of rotatable bonds is 5. The zero-order valence-corrected chi connectivity index (χ0v) is 17.4. The highest BCUT2D eigenvalue weighted by atomic mass is 16.5. The fourth-order valence-corrected chi connectivity index (χ4v) is 3.72. The van der Waals surface area contributed by atoms with Crippen molar-refractivity contribution in [2.75, 3.05) is 17.7 Å². The van der Waals surface area contributed by atoms with Crippen molar-refractivity contribution in [2.45, 2.75) is 6.04 Å². The molecule has 158 valence electrons. The van der Waals surface area contributed by atoms with Crippen LogP contribution < -0.4 is 15.4 Å².